The molecule has 2 heterocycles. The molecule has 1 aliphatic carbocycles. The second-order valence-electron chi connectivity index (χ2n) is 6.98. The fourth-order valence-corrected chi connectivity index (χ4v) is 3.43. The number of nitrogens with zero attached hydrogens (tertiary/aromatic N) is 2. The minimum absolute atomic E-state index is 0.00216. The monoisotopic (exact) mass is 414 g/mol. The van der Waals surface area contributed by atoms with E-state index in [1.165, 1.54) is 12.1 Å². The Labute approximate surface area is 163 Å². The lowest BCUT2D eigenvalue weighted by molar-refractivity contribution is -0.113. The SMILES string of the molecule is O=C(c1cc(OC(F)F)ccc1-c1cc(Cl)nc(C2CC2)c1)N1CC(F)(F)C1. The molecular formula is C19H15ClF4N2O2. The summed E-state index contributed by atoms with van der Waals surface area (Å²) in [5.41, 5.74) is 1.75. The molecule has 4 nitrogen and oxygen atoms in total. The van der Waals surface area contributed by atoms with Gasteiger partial charge in [-0.3, -0.25) is 4.79 Å². The summed E-state index contributed by atoms with van der Waals surface area (Å²) in [5.74, 6) is -3.54. The van der Waals surface area contributed by atoms with Gasteiger partial charge in [-0.15, -0.1) is 0 Å². The predicted molar refractivity (Wildman–Crippen MR) is 94.1 cm³/mol. The topological polar surface area (TPSA) is 42.4 Å². The van der Waals surface area contributed by atoms with Crippen LogP contribution in [0.15, 0.2) is 30.3 Å². The summed E-state index contributed by atoms with van der Waals surface area (Å²) in [6.45, 7) is -4.50. The van der Waals surface area contributed by atoms with Crippen molar-refractivity contribution in [1.29, 1.82) is 0 Å². The number of likely N-dealkylation sites (tertiary alicyclic amines) is 1. The molecule has 2 aromatic rings. The number of benzene rings is 1. The van der Waals surface area contributed by atoms with E-state index in [2.05, 4.69) is 9.72 Å². The zero-order valence-corrected chi connectivity index (χ0v) is 15.2. The highest BCUT2D eigenvalue weighted by molar-refractivity contribution is 6.29. The number of hydrogen-bond acceptors (Lipinski definition) is 3. The molecule has 0 radical (unpaired) electrons. The van der Waals surface area contributed by atoms with Crippen LogP contribution in [0.5, 0.6) is 5.75 Å². The van der Waals surface area contributed by atoms with Gasteiger partial charge in [0.2, 0.25) is 0 Å². The van der Waals surface area contributed by atoms with Gasteiger partial charge >= 0.3 is 6.61 Å². The first-order valence-corrected chi connectivity index (χ1v) is 9.03. The van der Waals surface area contributed by atoms with Crippen molar-refractivity contribution in [3.05, 3.63) is 46.7 Å². The number of hydrogen-bond donors (Lipinski definition) is 0. The van der Waals surface area contributed by atoms with Crippen molar-refractivity contribution in [2.45, 2.75) is 31.3 Å². The second-order valence-corrected chi connectivity index (χ2v) is 7.37. The molecule has 1 saturated heterocycles. The van der Waals surface area contributed by atoms with E-state index in [0.717, 1.165) is 29.5 Å². The van der Waals surface area contributed by atoms with Gasteiger partial charge in [-0.05, 0) is 54.3 Å². The van der Waals surface area contributed by atoms with Crippen molar-refractivity contribution in [2.75, 3.05) is 13.1 Å². The molecule has 28 heavy (non-hydrogen) atoms. The normalized spacial score (nSPS) is 18.1. The molecule has 0 N–H and O–H groups in total. The van der Waals surface area contributed by atoms with E-state index in [-0.39, 0.29) is 16.5 Å². The van der Waals surface area contributed by atoms with Gasteiger partial charge in [0.25, 0.3) is 11.8 Å². The quantitative estimate of drug-likeness (QED) is 0.512. The van der Waals surface area contributed by atoms with Crippen LogP contribution < -0.4 is 4.74 Å². The Morgan fingerprint density at radius 3 is 2.54 bits per heavy atom. The van der Waals surface area contributed by atoms with E-state index in [0.29, 0.717) is 17.0 Å². The van der Waals surface area contributed by atoms with Gasteiger partial charge in [0.1, 0.15) is 10.9 Å². The van der Waals surface area contributed by atoms with Crippen LogP contribution in [0.3, 0.4) is 0 Å². The number of halogens is 5. The maximum Gasteiger partial charge on any atom is 0.387 e. The van der Waals surface area contributed by atoms with Crippen LogP contribution in [0.25, 0.3) is 11.1 Å². The Morgan fingerprint density at radius 1 is 1.21 bits per heavy atom. The molecule has 148 valence electrons. The summed E-state index contributed by atoms with van der Waals surface area (Å²) < 4.78 is 55.9. The van der Waals surface area contributed by atoms with Crippen LogP contribution in [0.4, 0.5) is 17.6 Å². The van der Waals surface area contributed by atoms with Crippen molar-refractivity contribution >= 4 is 17.5 Å². The van der Waals surface area contributed by atoms with Crippen LogP contribution >= 0.6 is 11.6 Å². The highest BCUT2D eigenvalue weighted by Gasteiger charge is 2.46. The molecule has 1 saturated carbocycles. The van der Waals surface area contributed by atoms with E-state index in [1.54, 1.807) is 12.1 Å². The van der Waals surface area contributed by atoms with Crippen molar-refractivity contribution in [3.63, 3.8) is 0 Å². The minimum atomic E-state index is -3.07. The summed E-state index contributed by atoms with van der Waals surface area (Å²) in [7, 11) is 0. The number of carbonyl (C=O) groups excluding carboxylic acids is 1. The highest BCUT2D eigenvalue weighted by Crippen LogP contribution is 2.41. The fourth-order valence-electron chi connectivity index (χ4n) is 3.22. The Kier molecular flexibility index (Phi) is 4.69. The van der Waals surface area contributed by atoms with Crippen LogP contribution in [-0.2, 0) is 0 Å². The standard InChI is InChI=1S/C19H15ClF4N2O2/c20-16-6-11(5-15(25-16)10-1-2-10)13-4-3-12(28-18(21)22)7-14(13)17(27)26-8-19(23,24)9-26/h3-7,10,18H,1-2,8-9H2. The Bertz CT molecular complexity index is 926. The van der Waals surface area contributed by atoms with Gasteiger partial charge in [-0.2, -0.15) is 8.78 Å². The number of amides is 1. The average molecular weight is 415 g/mol. The third-order valence-corrected chi connectivity index (χ3v) is 4.89. The van der Waals surface area contributed by atoms with E-state index < -0.39 is 31.5 Å². The predicted octanol–water partition coefficient (Wildman–Crippen LogP) is 4.97. The minimum Gasteiger partial charge on any atom is -0.435 e. The Hall–Kier alpha value is -2.35. The third kappa shape index (κ3) is 3.92. The summed E-state index contributed by atoms with van der Waals surface area (Å²) in [5, 5.41) is 0.237. The number of aromatic nitrogens is 1. The van der Waals surface area contributed by atoms with Gasteiger partial charge in [-0.1, -0.05) is 11.6 Å². The smallest absolute Gasteiger partial charge is 0.387 e. The molecule has 4 rings (SSSR count). The number of rotatable bonds is 5. The molecule has 1 aromatic heterocycles. The molecule has 1 aromatic carbocycles. The number of pyridine rings is 1. The van der Waals surface area contributed by atoms with Gasteiger partial charge in [0, 0.05) is 11.6 Å². The van der Waals surface area contributed by atoms with Crippen molar-refractivity contribution in [3.8, 4) is 16.9 Å². The van der Waals surface area contributed by atoms with E-state index in [1.807, 2.05) is 0 Å². The molecule has 1 aliphatic heterocycles. The maximum atomic E-state index is 13.2. The lowest BCUT2D eigenvalue weighted by Crippen LogP contribution is -2.58. The molecular weight excluding hydrogens is 400 g/mol. The first-order valence-electron chi connectivity index (χ1n) is 8.66. The Balaban J connectivity index is 1.75. The van der Waals surface area contributed by atoms with Crippen LogP contribution in [0.2, 0.25) is 5.15 Å². The maximum absolute atomic E-state index is 13.2. The first-order chi connectivity index (χ1) is 13.2. The fraction of sp³-hybridized carbons (Fsp3) is 0.368. The number of carbonyl (C=O) groups is 1. The summed E-state index contributed by atoms with van der Waals surface area (Å²) in [6, 6.07) is 7.23. The summed E-state index contributed by atoms with van der Waals surface area (Å²) in [6.07, 6.45) is 1.98. The summed E-state index contributed by atoms with van der Waals surface area (Å²) >= 11 is 6.11. The van der Waals surface area contributed by atoms with Crippen LogP contribution in [0.1, 0.15) is 34.8 Å². The van der Waals surface area contributed by atoms with Crippen LogP contribution in [-0.4, -0.2) is 41.4 Å². The molecule has 2 aliphatic rings. The lowest BCUT2D eigenvalue weighted by Gasteiger charge is -2.39. The number of alkyl halides is 4. The van der Waals surface area contributed by atoms with E-state index >= 15 is 0 Å². The molecule has 9 heteroatoms. The molecule has 0 spiro atoms. The Morgan fingerprint density at radius 2 is 1.93 bits per heavy atom. The molecule has 0 atom stereocenters. The van der Waals surface area contributed by atoms with Gasteiger partial charge in [0.15, 0.2) is 0 Å². The second kappa shape index (κ2) is 6.92. The molecule has 2 fully saturated rings. The zero-order chi connectivity index (χ0) is 20.1. The van der Waals surface area contributed by atoms with Crippen molar-refractivity contribution < 1.29 is 27.1 Å². The molecule has 0 bridgehead atoms. The number of ether oxygens (including phenoxy) is 1. The van der Waals surface area contributed by atoms with E-state index in [4.69, 9.17) is 11.6 Å². The van der Waals surface area contributed by atoms with E-state index in [9.17, 15) is 22.4 Å². The highest BCUT2D eigenvalue weighted by atomic mass is 35.5. The zero-order valence-electron chi connectivity index (χ0n) is 14.5. The lowest BCUT2D eigenvalue weighted by atomic mass is 9.96. The van der Waals surface area contributed by atoms with Crippen molar-refractivity contribution in [1.82, 2.24) is 9.88 Å². The first kappa shape index (κ1) is 19.0. The van der Waals surface area contributed by atoms with Gasteiger partial charge < -0.3 is 9.64 Å². The largest absolute Gasteiger partial charge is 0.435 e. The molecule has 1 amide bonds. The van der Waals surface area contributed by atoms with Gasteiger partial charge in [-0.25, -0.2) is 13.8 Å². The summed E-state index contributed by atoms with van der Waals surface area (Å²) in [4.78, 5) is 18.0. The molecule has 0 unspecified atom stereocenters. The van der Waals surface area contributed by atoms with Crippen LogP contribution in [0, 0.1) is 0 Å². The van der Waals surface area contributed by atoms with Crippen molar-refractivity contribution in [2.24, 2.45) is 0 Å². The van der Waals surface area contributed by atoms with Gasteiger partial charge in [0.05, 0.1) is 18.7 Å². The third-order valence-electron chi connectivity index (χ3n) is 4.70. The average Bonchev–Trinajstić information content (AvgIpc) is 3.43.